The summed E-state index contributed by atoms with van der Waals surface area (Å²) in [6.07, 6.45) is 1.57. The van der Waals surface area contributed by atoms with E-state index in [1.54, 1.807) is 30.1 Å². The lowest BCUT2D eigenvalue weighted by Crippen LogP contribution is -2.19. The van der Waals surface area contributed by atoms with Crippen LogP contribution in [0.15, 0.2) is 42.6 Å². The Morgan fingerprint density at radius 2 is 1.83 bits per heavy atom. The summed E-state index contributed by atoms with van der Waals surface area (Å²) in [5.41, 5.74) is 2.75. The fourth-order valence-electron chi connectivity index (χ4n) is 2.75. The Hall–Kier alpha value is -3.06. The number of para-hydroxylation sites is 1. The van der Waals surface area contributed by atoms with E-state index in [1.165, 1.54) is 0 Å². The molecule has 0 aliphatic carbocycles. The van der Waals surface area contributed by atoms with Crippen LogP contribution in [0.3, 0.4) is 0 Å². The molecule has 2 aromatic heterocycles. The highest BCUT2D eigenvalue weighted by molar-refractivity contribution is 6.33. The van der Waals surface area contributed by atoms with Gasteiger partial charge in [0.15, 0.2) is 0 Å². The zero-order chi connectivity index (χ0) is 21.2. The number of nitrogens with zero attached hydrogens (tertiary/aromatic N) is 3. The van der Waals surface area contributed by atoms with Crippen LogP contribution in [0, 0.1) is 0 Å². The van der Waals surface area contributed by atoms with E-state index in [0.29, 0.717) is 27.8 Å². The van der Waals surface area contributed by atoms with E-state index in [-0.39, 0.29) is 11.3 Å². The Kier molecular flexibility index (Phi) is 5.79. The first-order valence-corrected chi connectivity index (χ1v) is 9.62. The minimum absolute atomic E-state index is 0.0542. The normalized spacial score (nSPS) is 11.2. The number of aromatic nitrogens is 3. The maximum absolute atomic E-state index is 12.1. The number of benzene rings is 1. The largest absolute Gasteiger partial charge is 0.355 e. The van der Waals surface area contributed by atoms with Crippen LogP contribution >= 0.6 is 11.6 Å². The van der Waals surface area contributed by atoms with Gasteiger partial charge in [-0.3, -0.25) is 9.48 Å². The quantitative estimate of drug-likeness (QED) is 0.569. The average Bonchev–Trinajstić information content (AvgIpc) is 3.05. The number of pyridine rings is 1. The van der Waals surface area contributed by atoms with E-state index in [4.69, 9.17) is 11.6 Å². The number of carbonyl (C=O) groups excluding carboxylic acids is 1. The number of amides is 1. The van der Waals surface area contributed by atoms with Gasteiger partial charge in [-0.1, -0.05) is 44.5 Å². The van der Waals surface area contributed by atoms with Crippen molar-refractivity contribution in [3.8, 4) is 0 Å². The molecule has 0 saturated carbocycles. The summed E-state index contributed by atoms with van der Waals surface area (Å²) >= 11 is 6.34. The average molecular weight is 413 g/mol. The molecule has 0 fully saturated rings. The second-order valence-electron chi connectivity index (χ2n) is 7.71. The van der Waals surface area contributed by atoms with Gasteiger partial charge in [0.1, 0.15) is 11.6 Å². The Morgan fingerprint density at radius 3 is 2.48 bits per heavy atom. The van der Waals surface area contributed by atoms with Crippen molar-refractivity contribution in [2.75, 3.05) is 17.7 Å². The smallest absolute Gasteiger partial charge is 0.253 e. The van der Waals surface area contributed by atoms with E-state index < -0.39 is 0 Å². The third-order valence-electron chi connectivity index (χ3n) is 4.43. The number of anilines is 4. The summed E-state index contributed by atoms with van der Waals surface area (Å²) in [4.78, 5) is 16.5. The first-order valence-electron chi connectivity index (χ1n) is 9.24. The van der Waals surface area contributed by atoms with Crippen molar-refractivity contribution in [1.82, 2.24) is 20.1 Å². The second-order valence-corrected chi connectivity index (χ2v) is 8.12. The third kappa shape index (κ3) is 4.68. The van der Waals surface area contributed by atoms with Gasteiger partial charge in [0.05, 0.1) is 33.9 Å². The first kappa shape index (κ1) is 20.7. The molecule has 3 aromatic rings. The number of rotatable bonds is 5. The molecule has 3 rings (SSSR count). The van der Waals surface area contributed by atoms with Crippen LogP contribution < -0.4 is 16.0 Å². The van der Waals surface area contributed by atoms with Gasteiger partial charge in [-0.2, -0.15) is 5.10 Å². The number of nitrogens with one attached hydrogen (secondary N) is 3. The Labute approximate surface area is 175 Å². The Balaban J connectivity index is 1.89. The number of carbonyl (C=O) groups is 1. The number of halogens is 1. The predicted octanol–water partition coefficient (Wildman–Crippen LogP) is 4.61. The first-order chi connectivity index (χ1) is 13.7. The van der Waals surface area contributed by atoms with Crippen LogP contribution in [0.2, 0.25) is 5.02 Å². The Bertz CT molecular complexity index is 1040. The van der Waals surface area contributed by atoms with Gasteiger partial charge in [-0.25, -0.2) is 4.98 Å². The van der Waals surface area contributed by atoms with E-state index in [1.807, 2.05) is 31.3 Å². The lowest BCUT2D eigenvalue weighted by atomic mass is 9.92. The van der Waals surface area contributed by atoms with Crippen LogP contribution in [-0.4, -0.2) is 27.7 Å². The van der Waals surface area contributed by atoms with Crippen LogP contribution in [0.1, 0.15) is 36.8 Å². The topological polar surface area (TPSA) is 83.9 Å². The van der Waals surface area contributed by atoms with Crippen molar-refractivity contribution in [2.24, 2.45) is 7.05 Å². The van der Waals surface area contributed by atoms with Crippen LogP contribution in [0.5, 0.6) is 0 Å². The number of hydrogen-bond acceptors (Lipinski definition) is 5. The summed E-state index contributed by atoms with van der Waals surface area (Å²) in [6, 6.07) is 11.0. The van der Waals surface area contributed by atoms with Gasteiger partial charge in [-0.05, 0) is 12.1 Å². The van der Waals surface area contributed by atoms with Gasteiger partial charge in [0.25, 0.3) is 5.91 Å². The lowest BCUT2D eigenvalue weighted by molar-refractivity contribution is 0.0964. The summed E-state index contributed by atoms with van der Waals surface area (Å²) in [6.45, 7) is 6.35. The monoisotopic (exact) mass is 412 g/mol. The van der Waals surface area contributed by atoms with Crippen molar-refractivity contribution < 1.29 is 4.79 Å². The zero-order valence-electron chi connectivity index (χ0n) is 17.2. The molecular weight excluding hydrogens is 388 g/mol. The van der Waals surface area contributed by atoms with Crippen molar-refractivity contribution in [3.63, 3.8) is 0 Å². The van der Waals surface area contributed by atoms with Gasteiger partial charge < -0.3 is 16.0 Å². The highest BCUT2D eigenvalue weighted by Gasteiger charge is 2.19. The molecule has 0 unspecified atom stereocenters. The van der Waals surface area contributed by atoms with Gasteiger partial charge in [-0.15, -0.1) is 0 Å². The van der Waals surface area contributed by atoms with Crippen molar-refractivity contribution in [1.29, 1.82) is 0 Å². The summed E-state index contributed by atoms with van der Waals surface area (Å²) < 4.78 is 1.78. The fourth-order valence-corrected chi connectivity index (χ4v) is 2.91. The fraction of sp³-hybridized carbons (Fsp3) is 0.286. The summed E-state index contributed by atoms with van der Waals surface area (Å²) in [7, 11) is 3.48. The standard InChI is InChI=1S/C21H25ClN6O/c1-21(2,3)17-11-19(28(5)27-17)26-18-10-16(14(22)12-24-18)25-15-9-7-6-8-13(15)20(29)23-4/h6-12H,1-5H3,(H,23,29)(H2,24,25,26). The SMILES string of the molecule is CNC(=O)c1ccccc1Nc1cc(Nc2cc(C(C)(C)C)nn2C)ncc1Cl. The van der Waals surface area contributed by atoms with Crippen molar-refractivity contribution in [3.05, 3.63) is 58.9 Å². The lowest BCUT2D eigenvalue weighted by Gasteiger charge is -2.14. The maximum Gasteiger partial charge on any atom is 0.253 e. The molecule has 0 radical (unpaired) electrons. The van der Waals surface area contributed by atoms with Crippen LogP contribution in [0.4, 0.5) is 23.0 Å². The molecule has 1 amide bonds. The van der Waals surface area contributed by atoms with Crippen molar-refractivity contribution >= 4 is 40.5 Å². The minimum Gasteiger partial charge on any atom is -0.355 e. The number of aryl methyl sites for hydroxylation is 1. The molecule has 0 aliphatic rings. The van der Waals surface area contributed by atoms with Gasteiger partial charge in [0.2, 0.25) is 0 Å². The van der Waals surface area contributed by atoms with Crippen molar-refractivity contribution in [2.45, 2.75) is 26.2 Å². The third-order valence-corrected chi connectivity index (χ3v) is 4.73. The molecule has 0 aliphatic heterocycles. The molecule has 7 nitrogen and oxygen atoms in total. The highest BCUT2D eigenvalue weighted by Crippen LogP contribution is 2.30. The maximum atomic E-state index is 12.1. The second kappa shape index (κ2) is 8.13. The molecule has 152 valence electrons. The number of hydrogen-bond donors (Lipinski definition) is 3. The summed E-state index contributed by atoms with van der Waals surface area (Å²) in [5.74, 6) is 1.25. The molecule has 8 heteroatoms. The molecule has 2 heterocycles. The minimum atomic E-state index is -0.179. The van der Waals surface area contributed by atoms with Crippen LogP contribution in [-0.2, 0) is 12.5 Å². The molecule has 0 bridgehead atoms. The predicted molar refractivity (Wildman–Crippen MR) is 118 cm³/mol. The molecule has 0 spiro atoms. The Morgan fingerprint density at radius 1 is 1.10 bits per heavy atom. The van der Waals surface area contributed by atoms with Crippen LogP contribution in [0.25, 0.3) is 0 Å². The van der Waals surface area contributed by atoms with Gasteiger partial charge in [0, 0.05) is 31.6 Å². The zero-order valence-corrected chi connectivity index (χ0v) is 17.9. The molecule has 1 aromatic carbocycles. The van der Waals surface area contributed by atoms with E-state index in [9.17, 15) is 4.79 Å². The summed E-state index contributed by atoms with van der Waals surface area (Å²) in [5, 5.41) is 14.2. The highest BCUT2D eigenvalue weighted by atomic mass is 35.5. The molecule has 0 atom stereocenters. The van der Waals surface area contributed by atoms with Gasteiger partial charge >= 0.3 is 0 Å². The molecule has 3 N–H and O–H groups in total. The molecule has 29 heavy (non-hydrogen) atoms. The van der Waals surface area contributed by atoms with E-state index in [2.05, 4.69) is 46.8 Å². The molecular formula is C21H25ClN6O. The van der Waals surface area contributed by atoms with E-state index >= 15 is 0 Å². The van der Waals surface area contributed by atoms with E-state index in [0.717, 1.165) is 11.5 Å². The molecule has 0 saturated heterocycles.